The van der Waals surface area contributed by atoms with Crippen LogP contribution in [0.2, 0.25) is 0 Å². The molecule has 2 heterocycles. The summed E-state index contributed by atoms with van der Waals surface area (Å²) in [7, 11) is 0. The van der Waals surface area contributed by atoms with Crippen LogP contribution in [-0.2, 0) is 6.54 Å². The number of furan rings is 1. The number of para-hydroxylation sites is 1. The Morgan fingerprint density at radius 1 is 1.39 bits per heavy atom. The van der Waals surface area contributed by atoms with Crippen molar-refractivity contribution in [2.45, 2.75) is 6.54 Å². The van der Waals surface area contributed by atoms with Crippen molar-refractivity contribution in [2.24, 2.45) is 5.73 Å². The van der Waals surface area contributed by atoms with Gasteiger partial charge in [-0.3, -0.25) is 4.79 Å². The molecule has 0 amide bonds. The van der Waals surface area contributed by atoms with Gasteiger partial charge >= 0.3 is 0 Å². The minimum atomic E-state index is -0.206. The third-order valence-corrected chi connectivity index (χ3v) is 3.48. The van der Waals surface area contributed by atoms with Gasteiger partial charge in [0, 0.05) is 17.3 Å². The van der Waals surface area contributed by atoms with Gasteiger partial charge in [0.05, 0.1) is 0 Å². The molecule has 0 fully saturated rings. The largest absolute Gasteiger partial charge is 0.453 e. The van der Waals surface area contributed by atoms with Crippen molar-refractivity contribution in [3.05, 3.63) is 52.2 Å². The van der Waals surface area contributed by atoms with Crippen molar-refractivity contribution in [3.63, 3.8) is 0 Å². The van der Waals surface area contributed by atoms with E-state index in [-0.39, 0.29) is 5.78 Å². The van der Waals surface area contributed by atoms with E-state index in [0.29, 0.717) is 23.6 Å². The predicted molar refractivity (Wildman–Crippen MR) is 69.7 cm³/mol. The number of hydrogen-bond donors (Lipinski definition) is 1. The van der Waals surface area contributed by atoms with Crippen molar-refractivity contribution in [2.75, 3.05) is 0 Å². The fourth-order valence-corrected chi connectivity index (χ4v) is 2.38. The molecule has 1 aromatic carbocycles. The fourth-order valence-electron chi connectivity index (χ4n) is 1.73. The molecule has 0 spiro atoms. The van der Waals surface area contributed by atoms with Crippen LogP contribution in [0.5, 0.6) is 0 Å². The summed E-state index contributed by atoms with van der Waals surface area (Å²) in [6.07, 6.45) is 0. The monoisotopic (exact) mass is 258 g/mol. The second-order valence-corrected chi connectivity index (χ2v) is 4.75. The second-order valence-electron chi connectivity index (χ2n) is 3.81. The molecular weight excluding hydrogens is 248 g/mol. The second kappa shape index (κ2) is 4.36. The normalized spacial score (nSPS) is 10.9. The highest BCUT2D eigenvalue weighted by Gasteiger charge is 2.17. The Morgan fingerprint density at radius 3 is 2.94 bits per heavy atom. The molecule has 0 unspecified atom stereocenters. The first-order valence-corrected chi connectivity index (χ1v) is 6.33. The lowest BCUT2D eigenvalue weighted by molar-refractivity contribution is 0.101. The van der Waals surface area contributed by atoms with E-state index in [0.717, 1.165) is 10.4 Å². The van der Waals surface area contributed by atoms with Crippen LogP contribution in [0.3, 0.4) is 0 Å². The molecule has 90 valence electrons. The molecule has 2 aromatic heterocycles. The quantitative estimate of drug-likeness (QED) is 0.733. The van der Waals surface area contributed by atoms with E-state index in [2.05, 4.69) is 4.98 Å². The third kappa shape index (κ3) is 1.83. The minimum Gasteiger partial charge on any atom is -0.453 e. The lowest BCUT2D eigenvalue weighted by Crippen LogP contribution is -2.01. The predicted octanol–water partition coefficient (Wildman–Crippen LogP) is 2.58. The summed E-state index contributed by atoms with van der Waals surface area (Å²) in [5.41, 5.74) is 6.57. The fraction of sp³-hybridized carbons (Fsp3) is 0.0769. The average molecular weight is 258 g/mol. The van der Waals surface area contributed by atoms with Crippen molar-refractivity contribution >= 4 is 28.1 Å². The SMILES string of the molecule is NCc1nc(C(=O)c2cc3ccccc3o2)cs1. The van der Waals surface area contributed by atoms with Gasteiger partial charge in [0.15, 0.2) is 5.76 Å². The number of carbonyl (C=O) groups excluding carboxylic acids is 1. The van der Waals surface area contributed by atoms with E-state index < -0.39 is 0 Å². The zero-order valence-corrected chi connectivity index (χ0v) is 10.2. The van der Waals surface area contributed by atoms with Gasteiger partial charge < -0.3 is 10.2 Å². The van der Waals surface area contributed by atoms with E-state index in [1.54, 1.807) is 11.4 Å². The lowest BCUT2D eigenvalue weighted by Gasteiger charge is -1.90. The van der Waals surface area contributed by atoms with E-state index in [1.165, 1.54) is 11.3 Å². The summed E-state index contributed by atoms with van der Waals surface area (Å²) < 4.78 is 5.51. The van der Waals surface area contributed by atoms with Crippen LogP contribution in [0.1, 0.15) is 21.3 Å². The molecule has 18 heavy (non-hydrogen) atoms. The van der Waals surface area contributed by atoms with Crippen LogP contribution in [0.4, 0.5) is 0 Å². The van der Waals surface area contributed by atoms with Gasteiger partial charge in [0.1, 0.15) is 16.3 Å². The van der Waals surface area contributed by atoms with Crippen LogP contribution in [0.15, 0.2) is 40.1 Å². The zero-order valence-electron chi connectivity index (χ0n) is 9.42. The molecule has 0 radical (unpaired) electrons. The number of thiazole rings is 1. The molecule has 2 N–H and O–H groups in total. The molecule has 0 bridgehead atoms. The van der Waals surface area contributed by atoms with Crippen LogP contribution in [-0.4, -0.2) is 10.8 Å². The molecule has 0 aliphatic heterocycles. The van der Waals surface area contributed by atoms with Gasteiger partial charge in [0.2, 0.25) is 5.78 Å². The highest BCUT2D eigenvalue weighted by atomic mass is 32.1. The first-order valence-electron chi connectivity index (χ1n) is 5.45. The topological polar surface area (TPSA) is 69.1 Å². The number of nitrogens with two attached hydrogens (primary N) is 1. The lowest BCUT2D eigenvalue weighted by atomic mass is 10.2. The summed E-state index contributed by atoms with van der Waals surface area (Å²) in [6, 6.07) is 9.25. The molecule has 0 saturated heterocycles. The zero-order chi connectivity index (χ0) is 12.5. The first kappa shape index (κ1) is 11.1. The van der Waals surface area contributed by atoms with E-state index in [9.17, 15) is 4.79 Å². The summed E-state index contributed by atoms with van der Waals surface area (Å²) >= 11 is 1.38. The summed E-state index contributed by atoms with van der Waals surface area (Å²) in [5, 5.41) is 3.36. The average Bonchev–Trinajstić information content (AvgIpc) is 3.04. The smallest absolute Gasteiger partial charge is 0.247 e. The van der Waals surface area contributed by atoms with Crippen LogP contribution >= 0.6 is 11.3 Å². The van der Waals surface area contributed by atoms with Crippen molar-refractivity contribution in [1.82, 2.24) is 4.98 Å². The van der Waals surface area contributed by atoms with Gasteiger partial charge in [-0.25, -0.2) is 4.98 Å². The highest BCUT2D eigenvalue weighted by molar-refractivity contribution is 7.09. The third-order valence-electron chi connectivity index (χ3n) is 2.61. The molecule has 0 saturated carbocycles. The van der Waals surface area contributed by atoms with E-state index in [1.807, 2.05) is 24.3 Å². The number of carbonyl (C=O) groups is 1. The molecule has 5 heteroatoms. The van der Waals surface area contributed by atoms with Gasteiger partial charge in [-0.05, 0) is 12.1 Å². The number of nitrogens with zero attached hydrogens (tertiary/aromatic N) is 1. The Hall–Kier alpha value is -1.98. The number of aromatic nitrogens is 1. The van der Waals surface area contributed by atoms with Crippen molar-refractivity contribution in [1.29, 1.82) is 0 Å². The van der Waals surface area contributed by atoms with Crippen LogP contribution < -0.4 is 5.73 Å². The Bertz CT molecular complexity index is 681. The number of hydrogen-bond acceptors (Lipinski definition) is 5. The molecular formula is C13H10N2O2S. The van der Waals surface area contributed by atoms with Gasteiger partial charge in [-0.2, -0.15) is 0 Å². The van der Waals surface area contributed by atoms with Crippen LogP contribution in [0, 0.1) is 0 Å². The Balaban J connectivity index is 2.00. The maximum absolute atomic E-state index is 12.2. The van der Waals surface area contributed by atoms with Gasteiger partial charge in [0.25, 0.3) is 0 Å². The number of ketones is 1. The molecule has 0 atom stereocenters. The first-order chi connectivity index (χ1) is 8.78. The highest BCUT2D eigenvalue weighted by Crippen LogP contribution is 2.21. The van der Waals surface area contributed by atoms with Crippen LogP contribution in [0.25, 0.3) is 11.0 Å². The van der Waals surface area contributed by atoms with Crippen molar-refractivity contribution < 1.29 is 9.21 Å². The summed E-state index contributed by atoms with van der Waals surface area (Å²) in [4.78, 5) is 16.3. The van der Waals surface area contributed by atoms with Gasteiger partial charge in [-0.1, -0.05) is 18.2 Å². The standard InChI is InChI=1S/C13H10N2O2S/c14-6-12-15-9(7-18-12)13(16)11-5-8-3-1-2-4-10(8)17-11/h1-5,7H,6,14H2. The van der Waals surface area contributed by atoms with Crippen molar-refractivity contribution in [3.8, 4) is 0 Å². The Morgan fingerprint density at radius 2 is 2.22 bits per heavy atom. The van der Waals surface area contributed by atoms with E-state index in [4.69, 9.17) is 10.2 Å². The Kier molecular flexibility index (Phi) is 2.70. The molecule has 3 aromatic rings. The Labute approximate surface area is 107 Å². The van der Waals surface area contributed by atoms with Gasteiger partial charge in [-0.15, -0.1) is 11.3 Å². The maximum atomic E-state index is 12.2. The number of rotatable bonds is 3. The molecule has 0 aliphatic rings. The minimum absolute atomic E-state index is 0.206. The summed E-state index contributed by atoms with van der Waals surface area (Å²) in [6.45, 7) is 0.345. The maximum Gasteiger partial charge on any atom is 0.247 e. The molecule has 0 aliphatic carbocycles. The van der Waals surface area contributed by atoms with E-state index >= 15 is 0 Å². The summed E-state index contributed by atoms with van der Waals surface area (Å²) in [5.74, 6) is 0.104. The number of fused-ring (bicyclic) bond motifs is 1. The molecule has 3 rings (SSSR count). The number of benzene rings is 1. The molecule has 4 nitrogen and oxygen atoms in total.